The largest absolute Gasteiger partial charge is 0.480 e. The van der Waals surface area contributed by atoms with Gasteiger partial charge in [-0.3, -0.25) is 14.9 Å². The molecule has 1 fully saturated rings. The van der Waals surface area contributed by atoms with E-state index >= 15 is 0 Å². The van der Waals surface area contributed by atoms with Crippen molar-refractivity contribution in [1.82, 2.24) is 5.32 Å². The SMILES string of the molecule is CCOC(=O)COc1c(Br)cc(/C=C2\C(=O)NC(=O)N(c3ccc(Cl)cc3)C2=O)cc1Br. The highest BCUT2D eigenvalue weighted by Crippen LogP contribution is 2.36. The summed E-state index contributed by atoms with van der Waals surface area (Å²) >= 11 is 12.6. The third kappa shape index (κ3) is 5.37. The summed E-state index contributed by atoms with van der Waals surface area (Å²) in [5, 5.41) is 2.59. The second kappa shape index (κ2) is 10.3. The van der Waals surface area contributed by atoms with Crippen LogP contribution >= 0.6 is 43.5 Å². The minimum absolute atomic E-state index is 0.237. The zero-order valence-corrected chi connectivity index (χ0v) is 20.4. The molecule has 11 heteroatoms. The van der Waals surface area contributed by atoms with Gasteiger partial charge in [-0.1, -0.05) is 11.6 Å². The van der Waals surface area contributed by atoms with E-state index in [9.17, 15) is 19.2 Å². The predicted molar refractivity (Wildman–Crippen MR) is 124 cm³/mol. The lowest BCUT2D eigenvalue weighted by Crippen LogP contribution is -2.54. The zero-order chi connectivity index (χ0) is 23.4. The smallest absolute Gasteiger partial charge is 0.344 e. The Morgan fingerprint density at radius 1 is 1.12 bits per heavy atom. The van der Waals surface area contributed by atoms with E-state index in [2.05, 4.69) is 37.2 Å². The number of anilines is 1. The molecule has 2 aromatic carbocycles. The van der Waals surface area contributed by atoms with Crippen LogP contribution in [-0.2, 0) is 19.1 Å². The molecule has 32 heavy (non-hydrogen) atoms. The molecule has 0 aliphatic carbocycles. The van der Waals surface area contributed by atoms with Crippen molar-refractivity contribution in [2.75, 3.05) is 18.1 Å². The molecule has 0 bridgehead atoms. The van der Waals surface area contributed by atoms with Gasteiger partial charge in [0.05, 0.1) is 21.2 Å². The van der Waals surface area contributed by atoms with Crippen LogP contribution in [-0.4, -0.2) is 37.0 Å². The fourth-order valence-electron chi connectivity index (χ4n) is 2.78. The minimum Gasteiger partial charge on any atom is -0.480 e. The number of hydrogen-bond acceptors (Lipinski definition) is 6. The molecular formula is C21H15Br2ClN2O6. The maximum absolute atomic E-state index is 13.0. The Labute approximate surface area is 204 Å². The van der Waals surface area contributed by atoms with Gasteiger partial charge in [0.2, 0.25) is 0 Å². The molecule has 1 N–H and O–H groups in total. The highest BCUT2D eigenvalue weighted by atomic mass is 79.9. The summed E-state index contributed by atoms with van der Waals surface area (Å²) in [7, 11) is 0. The van der Waals surface area contributed by atoms with Gasteiger partial charge in [0.25, 0.3) is 11.8 Å². The predicted octanol–water partition coefficient (Wildman–Crippen LogP) is 4.47. The zero-order valence-electron chi connectivity index (χ0n) is 16.5. The number of esters is 1. The van der Waals surface area contributed by atoms with Gasteiger partial charge >= 0.3 is 12.0 Å². The van der Waals surface area contributed by atoms with Crippen LogP contribution in [0.3, 0.4) is 0 Å². The Kier molecular flexibility index (Phi) is 7.70. The van der Waals surface area contributed by atoms with Crippen LogP contribution in [0.4, 0.5) is 10.5 Å². The normalized spacial score (nSPS) is 15.1. The van der Waals surface area contributed by atoms with Crippen LogP contribution in [0.25, 0.3) is 6.08 Å². The number of nitrogens with one attached hydrogen (secondary N) is 1. The summed E-state index contributed by atoms with van der Waals surface area (Å²) < 4.78 is 11.2. The van der Waals surface area contributed by atoms with Gasteiger partial charge in [0, 0.05) is 5.02 Å². The number of carbonyl (C=O) groups is 4. The summed E-state index contributed by atoms with van der Waals surface area (Å²) in [4.78, 5) is 50.0. The van der Waals surface area contributed by atoms with Crippen molar-refractivity contribution >= 4 is 79.0 Å². The average molecular weight is 587 g/mol. The van der Waals surface area contributed by atoms with Crippen molar-refractivity contribution < 1.29 is 28.7 Å². The third-order valence-corrected chi connectivity index (χ3v) is 5.59. The molecule has 0 aromatic heterocycles. The summed E-state index contributed by atoms with van der Waals surface area (Å²) in [5.74, 6) is -1.78. The van der Waals surface area contributed by atoms with E-state index in [0.717, 1.165) is 4.90 Å². The average Bonchev–Trinajstić information content (AvgIpc) is 2.72. The number of nitrogens with zero attached hydrogens (tertiary/aromatic N) is 1. The van der Waals surface area contributed by atoms with Gasteiger partial charge in [-0.05, 0) is 86.8 Å². The molecule has 0 radical (unpaired) electrons. The fraction of sp³-hybridized carbons (Fsp3) is 0.143. The molecule has 1 aliphatic rings. The summed E-state index contributed by atoms with van der Waals surface area (Å²) in [6, 6.07) is 8.39. The van der Waals surface area contributed by atoms with Crippen LogP contribution in [0, 0.1) is 0 Å². The first kappa shape index (κ1) is 24.0. The quantitative estimate of drug-likeness (QED) is 0.305. The number of benzene rings is 2. The number of hydrogen-bond donors (Lipinski definition) is 1. The molecule has 0 spiro atoms. The van der Waals surface area contributed by atoms with E-state index < -0.39 is 23.8 Å². The molecule has 4 amide bonds. The van der Waals surface area contributed by atoms with E-state index in [1.807, 2.05) is 0 Å². The highest BCUT2D eigenvalue weighted by Gasteiger charge is 2.36. The van der Waals surface area contributed by atoms with Crippen molar-refractivity contribution in [3.05, 3.63) is 61.5 Å². The molecular weight excluding hydrogens is 572 g/mol. The summed E-state index contributed by atoms with van der Waals surface area (Å²) in [5.41, 5.74) is 0.495. The maximum atomic E-state index is 13.0. The second-order valence-electron chi connectivity index (χ2n) is 6.34. The highest BCUT2D eigenvalue weighted by molar-refractivity contribution is 9.11. The lowest BCUT2D eigenvalue weighted by Gasteiger charge is -2.26. The topological polar surface area (TPSA) is 102 Å². The number of imide groups is 2. The Morgan fingerprint density at radius 2 is 1.75 bits per heavy atom. The Bertz CT molecular complexity index is 1110. The van der Waals surface area contributed by atoms with E-state index in [0.29, 0.717) is 25.3 Å². The van der Waals surface area contributed by atoms with Crippen LogP contribution in [0.1, 0.15) is 12.5 Å². The number of rotatable bonds is 6. The van der Waals surface area contributed by atoms with Gasteiger partial charge in [-0.15, -0.1) is 0 Å². The van der Waals surface area contributed by atoms with Gasteiger partial charge in [0.1, 0.15) is 11.3 Å². The van der Waals surface area contributed by atoms with Crippen molar-refractivity contribution in [2.45, 2.75) is 6.92 Å². The van der Waals surface area contributed by atoms with Crippen LogP contribution < -0.4 is 15.0 Å². The molecule has 0 unspecified atom stereocenters. The van der Waals surface area contributed by atoms with Crippen molar-refractivity contribution in [3.8, 4) is 5.75 Å². The monoisotopic (exact) mass is 584 g/mol. The second-order valence-corrected chi connectivity index (χ2v) is 8.49. The number of halogens is 3. The lowest BCUT2D eigenvalue weighted by atomic mass is 10.1. The molecule has 3 rings (SSSR count). The van der Waals surface area contributed by atoms with Gasteiger partial charge in [-0.25, -0.2) is 14.5 Å². The van der Waals surface area contributed by atoms with Gasteiger partial charge in [0.15, 0.2) is 6.61 Å². The van der Waals surface area contributed by atoms with Crippen molar-refractivity contribution in [2.24, 2.45) is 0 Å². The minimum atomic E-state index is -0.857. The molecule has 1 saturated heterocycles. The van der Waals surface area contributed by atoms with E-state index in [4.69, 9.17) is 21.1 Å². The van der Waals surface area contributed by atoms with Crippen molar-refractivity contribution in [3.63, 3.8) is 0 Å². The first-order valence-electron chi connectivity index (χ1n) is 9.15. The first-order valence-corrected chi connectivity index (χ1v) is 11.1. The summed E-state index contributed by atoms with van der Waals surface area (Å²) in [6.45, 7) is 1.64. The number of amides is 4. The molecule has 166 valence electrons. The van der Waals surface area contributed by atoms with Crippen molar-refractivity contribution in [1.29, 1.82) is 0 Å². The van der Waals surface area contributed by atoms with E-state index in [-0.39, 0.29) is 24.5 Å². The van der Waals surface area contributed by atoms with E-state index in [1.165, 1.54) is 30.3 Å². The molecule has 0 atom stereocenters. The molecule has 0 saturated carbocycles. The molecule has 1 aliphatic heterocycles. The fourth-order valence-corrected chi connectivity index (χ4v) is 4.36. The molecule has 8 nitrogen and oxygen atoms in total. The Morgan fingerprint density at radius 3 is 2.34 bits per heavy atom. The Hall–Kier alpha value is -2.69. The standard InChI is InChI=1S/C21H15Br2ClN2O6/c1-2-31-17(27)10-32-18-15(22)8-11(9-16(18)23)7-14-19(28)25-21(30)26(20(14)29)13-5-3-12(24)4-6-13/h3-9H,2,10H2,1H3,(H,25,28,30)/b14-7+. The summed E-state index contributed by atoms with van der Waals surface area (Å²) in [6.07, 6.45) is 1.34. The van der Waals surface area contributed by atoms with Crippen LogP contribution in [0.5, 0.6) is 5.75 Å². The lowest BCUT2D eigenvalue weighted by molar-refractivity contribution is -0.145. The molecule has 2 aromatic rings. The molecule has 1 heterocycles. The Balaban J connectivity index is 1.89. The van der Waals surface area contributed by atoms with Crippen LogP contribution in [0.15, 0.2) is 50.9 Å². The maximum Gasteiger partial charge on any atom is 0.344 e. The number of carbonyl (C=O) groups excluding carboxylic acids is 4. The van der Waals surface area contributed by atoms with E-state index in [1.54, 1.807) is 19.1 Å². The number of urea groups is 1. The van der Waals surface area contributed by atoms with Gasteiger partial charge in [-0.2, -0.15) is 0 Å². The van der Waals surface area contributed by atoms with Gasteiger partial charge < -0.3 is 9.47 Å². The third-order valence-electron chi connectivity index (χ3n) is 4.16. The van der Waals surface area contributed by atoms with Crippen LogP contribution in [0.2, 0.25) is 5.02 Å². The number of barbiturate groups is 1. The first-order chi connectivity index (χ1) is 15.2. The number of ether oxygens (including phenoxy) is 2.